The molecule has 0 atom stereocenters. The summed E-state index contributed by atoms with van der Waals surface area (Å²) in [5.74, 6) is 0.522. The topological polar surface area (TPSA) is 56.7 Å². The molecule has 2 aromatic heterocycles. The molecular formula is C10H12N4. The Balaban J connectivity index is 2.39. The standard InChI is InChI=1S/C10H12N4/c1-2-14-6-9(13-7-14)8-3-4-12-10(11)5-8/h3-7H,2H2,1H3,(H2,11,12). The number of rotatable bonds is 2. The van der Waals surface area contributed by atoms with Crippen molar-refractivity contribution in [2.45, 2.75) is 13.5 Å². The van der Waals surface area contributed by atoms with E-state index in [1.54, 1.807) is 6.20 Å². The largest absolute Gasteiger partial charge is 0.384 e. The van der Waals surface area contributed by atoms with E-state index >= 15 is 0 Å². The van der Waals surface area contributed by atoms with Gasteiger partial charge in [0.1, 0.15) is 5.82 Å². The molecule has 2 heterocycles. The molecule has 2 aromatic rings. The van der Waals surface area contributed by atoms with Crippen LogP contribution in [0.2, 0.25) is 0 Å². The fourth-order valence-electron chi connectivity index (χ4n) is 1.29. The van der Waals surface area contributed by atoms with Crippen molar-refractivity contribution in [2.24, 2.45) is 0 Å². The number of aromatic nitrogens is 3. The lowest BCUT2D eigenvalue weighted by molar-refractivity contribution is 0.762. The fraction of sp³-hybridized carbons (Fsp3) is 0.200. The summed E-state index contributed by atoms with van der Waals surface area (Å²) in [5, 5.41) is 0. The Hall–Kier alpha value is -1.84. The van der Waals surface area contributed by atoms with E-state index in [1.165, 1.54) is 0 Å². The van der Waals surface area contributed by atoms with Crippen molar-refractivity contribution in [2.75, 3.05) is 5.73 Å². The van der Waals surface area contributed by atoms with Gasteiger partial charge in [-0.15, -0.1) is 0 Å². The molecule has 0 saturated heterocycles. The third-order valence-electron chi connectivity index (χ3n) is 2.08. The molecule has 0 aliphatic heterocycles. The van der Waals surface area contributed by atoms with Gasteiger partial charge in [0, 0.05) is 24.5 Å². The highest BCUT2D eigenvalue weighted by molar-refractivity contribution is 5.60. The van der Waals surface area contributed by atoms with Crippen LogP contribution in [0.25, 0.3) is 11.3 Å². The number of nitrogen functional groups attached to an aromatic ring is 1. The number of imidazole rings is 1. The van der Waals surface area contributed by atoms with Crippen molar-refractivity contribution in [1.29, 1.82) is 0 Å². The van der Waals surface area contributed by atoms with Gasteiger partial charge in [-0.1, -0.05) is 0 Å². The van der Waals surface area contributed by atoms with Gasteiger partial charge in [-0.25, -0.2) is 9.97 Å². The molecule has 0 saturated carbocycles. The Morgan fingerprint density at radius 3 is 2.93 bits per heavy atom. The summed E-state index contributed by atoms with van der Waals surface area (Å²) in [4.78, 5) is 8.21. The van der Waals surface area contributed by atoms with Crippen LogP contribution >= 0.6 is 0 Å². The van der Waals surface area contributed by atoms with Crippen LogP contribution in [0.15, 0.2) is 30.9 Å². The number of hydrogen-bond donors (Lipinski definition) is 1. The summed E-state index contributed by atoms with van der Waals surface area (Å²) >= 11 is 0. The molecule has 0 bridgehead atoms. The van der Waals surface area contributed by atoms with Gasteiger partial charge in [0.15, 0.2) is 0 Å². The molecule has 4 heteroatoms. The zero-order valence-corrected chi connectivity index (χ0v) is 8.01. The molecule has 2 rings (SSSR count). The predicted octanol–water partition coefficient (Wildman–Crippen LogP) is 1.55. The van der Waals surface area contributed by atoms with E-state index in [9.17, 15) is 0 Å². The first-order valence-corrected chi connectivity index (χ1v) is 4.53. The first-order chi connectivity index (χ1) is 6.79. The van der Waals surface area contributed by atoms with Crippen LogP contribution in [-0.2, 0) is 6.54 Å². The second-order valence-corrected chi connectivity index (χ2v) is 3.06. The van der Waals surface area contributed by atoms with Gasteiger partial charge in [-0.3, -0.25) is 0 Å². The number of anilines is 1. The van der Waals surface area contributed by atoms with Gasteiger partial charge in [0.25, 0.3) is 0 Å². The summed E-state index contributed by atoms with van der Waals surface area (Å²) < 4.78 is 2.02. The zero-order valence-electron chi connectivity index (χ0n) is 8.01. The minimum absolute atomic E-state index is 0.522. The average molecular weight is 188 g/mol. The van der Waals surface area contributed by atoms with Crippen LogP contribution in [0.4, 0.5) is 5.82 Å². The second-order valence-electron chi connectivity index (χ2n) is 3.06. The van der Waals surface area contributed by atoms with Crippen molar-refractivity contribution in [1.82, 2.24) is 14.5 Å². The van der Waals surface area contributed by atoms with E-state index < -0.39 is 0 Å². The summed E-state index contributed by atoms with van der Waals surface area (Å²) in [6.45, 7) is 3.00. The number of aryl methyl sites for hydroxylation is 1. The predicted molar refractivity (Wildman–Crippen MR) is 55.5 cm³/mol. The van der Waals surface area contributed by atoms with E-state index in [0.29, 0.717) is 5.82 Å². The van der Waals surface area contributed by atoms with Crippen molar-refractivity contribution < 1.29 is 0 Å². The Labute approximate surface area is 82.4 Å². The summed E-state index contributed by atoms with van der Waals surface area (Å²) in [7, 11) is 0. The Morgan fingerprint density at radius 2 is 2.29 bits per heavy atom. The molecule has 0 aliphatic rings. The molecule has 72 valence electrons. The van der Waals surface area contributed by atoms with Gasteiger partial charge in [0.2, 0.25) is 0 Å². The maximum atomic E-state index is 5.59. The number of nitrogens with zero attached hydrogens (tertiary/aromatic N) is 3. The number of hydrogen-bond acceptors (Lipinski definition) is 3. The molecule has 0 unspecified atom stereocenters. The minimum atomic E-state index is 0.522. The third-order valence-corrected chi connectivity index (χ3v) is 2.08. The van der Waals surface area contributed by atoms with Crippen LogP contribution < -0.4 is 5.73 Å². The number of nitrogens with two attached hydrogens (primary N) is 1. The van der Waals surface area contributed by atoms with Gasteiger partial charge in [-0.2, -0.15) is 0 Å². The first-order valence-electron chi connectivity index (χ1n) is 4.53. The lowest BCUT2D eigenvalue weighted by Crippen LogP contribution is -1.89. The van der Waals surface area contributed by atoms with Crippen LogP contribution in [0, 0.1) is 0 Å². The quantitative estimate of drug-likeness (QED) is 0.777. The monoisotopic (exact) mass is 188 g/mol. The van der Waals surface area contributed by atoms with Crippen LogP contribution in [0.3, 0.4) is 0 Å². The first kappa shape index (κ1) is 8.74. The molecule has 2 N–H and O–H groups in total. The number of pyridine rings is 1. The van der Waals surface area contributed by atoms with Gasteiger partial charge < -0.3 is 10.3 Å². The molecule has 0 spiro atoms. The van der Waals surface area contributed by atoms with E-state index in [-0.39, 0.29) is 0 Å². The van der Waals surface area contributed by atoms with Crippen molar-refractivity contribution >= 4 is 5.82 Å². The molecule has 0 fully saturated rings. The van der Waals surface area contributed by atoms with Crippen LogP contribution in [-0.4, -0.2) is 14.5 Å². The zero-order chi connectivity index (χ0) is 9.97. The Bertz CT molecular complexity index is 433. The van der Waals surface area contributed by atoms with E-state index in [4.69, 9.17) is 5.73 Å². The lowest BCUT2D eigenvalue weighted by Gasteiger charge is -1.97. The molecule has 0 aromatic carbocycles. The van der Waals surface area contributed by atoms with Crippen molar-refractivity contribution in [3.05, 3.63) is 30.9 Å². The summed E-state index contributed by atoms with van der Waals surface area (Å²) in [6.07, 6.45) is 5.50. The normalized spacial score (nSPS) is 10.4. The molecule has 0 radical (unpaired) electrons. The van der Waals surface area contributed by atoms with E-state index in [2.05, 4.69) is 16.9 Å². The molecule has 0 amide bonds. The van der Waals surface area contributed by atoms with Crippen molar-refractivity contribution in [3.63, 3.8) is 0 Å². The summed E-state index contributed by atoms with van der Waals surface area (Å²) in [6, 6.07) is 3.72. The van der Waals surface area contributed by atoms with E-state index in [0.717, 1.165) is 17.8 Å². The smallest absolute Gasteiger partial charge is 0.123 e. The van der Waals surface area contributed by atoms with Gasteiger partial charge in [-0.05, 0) is 19.1 Å². The molecule has 4 nitrogen and oxygen atoms in total. The van der Waals surface area contributed by atoms with E-state index in [1.807, 2.05) is 29.2 Å². The highest BCUT2D eigenvalue weighted by atomic mass is 15.0. The Kier molecular flexibility index (Phi) is 2.18. The summed E-state index contributed by atoms with van der Waals surface area (Å²) in [5.41, 5.74) is 7.53. The fourth-order valence-corrected chi connectivity index (χ4v) is 1.29. The van der Waals surface area contributed by atoms with Gasteiger partial charge >= 0.3 is 0 Å². The lowest BCUT2D eigenvalue weighted by atomic mass is 10.2. The molecule has 0 aliphatic carbocycles. The third kappa shape index (κ3) is 1.59. The highest BCUT2D eigenvalue weighted by Crippen LogP contribution is 2.17. The highest BCUT2D eigenvalue weighted by Gasteiger charge is 2.01. The SMILES string of the molecule is CCn1cnc(-c2ccnc(N)c2)c1. The molecule has 14 heavy (non-hydrogen) atoms. The van der Waals surface area contributed by atoms with Crippen LogP contribution in [0.1, 0.15) is 6.92 Å². The van der Waals surface area contributed by atoms with Gasteiger partial charge in [0.05, 0.1) is 12.0 Å². The Morgan fingerprint density at radius 1 is 1.43 bits per heavy atom. The average Bonchev–Trinajstić information content (AvgIpc) is 2.66. The molecular weight excluding hydrogens is 176 g/mol. The second kappa shape index (κ2) is 3.49. The maximum Gasteiger partial charge on any atom is 0.123 e. The minimum Gasteiger partial charge on any atom is -0.384 e. The maximum absolute atomic E-state index is 5.59. The van der Waals surface area contributed by atoms with Crippen molar-refractivity contribution in [3.8, 4) is 11.3 Å². The van der Waals surface area contributed by atoms with Crippen LogP contribution in [0.5, 0.6) is 0 Å².